The topological polar surface area (TPSA) is 53.6 Å². The summed E-state index contributed by atoms with van der Waals surface area (Å²) in [6.07, 6.45) is 0.934. The monoisotopic (exact) mass is 309 g/mol. The Labute approximate surface area is 129 Å². The highest BCUT2D eigenvalue weighted by atomic mass is 35.5. The number of nitrogens with one attached hydrogen (secondary N) is 2. The van der Waals surface area contributed by atoms with Gasteiger partial charge in [0.2, 0.25) is 5.91 Å². The molecule has 2 heterocycles. The Bertz CT molecular complexity index is 538. The normalized spacial score (nSPS) is 25.2. The van der Waals surface area contributed by atoms with E-state index >= 15 is 0 Å². The molecule has 5 nitrogen and oxygen atoms in total. The minimum Gasteiger partial charge on any atom is -0.488 e. The summed E-state index contributed by atoms with van der Waals surface area (Å²) in [6, 6.07) is 5.61. The second kappa shape index (κ2) is 6.22. The van der Waals surface area contributed by atoms with Crippen molar-refractivity contribution in [3.8, 4) is 5.75 Å². The molecule has 1 amide bonds. The van der Waals surface area contributed by atoms with E-state index in [2.05, 4.69) is 15.5 Å². The molecule has 0 bridgehead atoms. The van der Waals surface area contributed by atoms with Crippen LogP contribution < -0.4 is 15.4 Å². The lowest BCUT2D eigenvalue weighted by Crippen LogP contribution is -2.59. The predicted octanol–water partition coefficient (Wildman–Crippen LogP) is 0.663. The number of hydrogen-bond acceptors (Lipinski definition) is 4. The van der Waals surface area contributed by atoms with Crippen LogP contribution in [0.4, 0.5) is 0 Å². The summed E-state index contributed by atoms with van der Waals surface area (Å²) in [5.41, 5.74) is 1.15. The molecular weight excluding hydrogens is 290 g/mol. The Morgan fingerprint density at radius 2 is 2.43 bits per heavy atom. The van der Waals surface area contributed by atoms with Gasteiger partial charge in [0.05, 0.1) is 0 Å². The Balaban J connectivity index is 1.65. The molecule has 1 aromatic rings. The summed E-state index contributed by atoms with van der Waals surface area (Å²) in [7, 11) is 1.68. The Hall–Kier alpha value is -1.30. The molecule has 21 heavy (non-hydrogen) atoms. The van der Waals surface area contributed by atoms with Gasteiger partial charge < -0.3 is 15.4 Å². The standard InChI is InChI=1S/C15H20ClN3O2/c1-17-15(20)13-8-18-4-5-19(13)9-12-7-10-6-11(16)2-3-14(10)21-12/h2-3,6,12-13,18H,4-5,7-9H2,1H3,(H,17,20). The Morgan fingerprint density at radius 1 is 1.57 bits per heavy atom. The van der Waals surface area contributed by atoms with Gasteiger partial charge in [-0.25, -0.2) is 0 Å². The third-order valence-electron chi connectivity index (χ3n) is 4.11. The lowest BCUT2D eigenvalue weighted by atomic mass is 10.1. The van der Waals surface area contributed by atoms with Crippen LogP contribution in [0.2, 0.25) is 5.02 Å². The Morgan fingerprint density at radius 3 is 3.24 bits per heavy atom. The second-order valence-corrected chi connectivity index (χ2v) is 5.96. The quantitative estimate of drug-likeness (QED) is 0.861. The van der Waals surface area contributed by atoms with Gasteiger partial charge in [0.25, 0.3) is 0 Å². The zero-order chi connectivity index (χ0) is 14.8. The molecule has 0 saturated carbocycles. The molecule has 0 aromatic heterocycles. The van der Waals surface area contributed by atoms with E-state index in [-0.39, 0.29) is 18.1 Å². The van der Waals surface area contributed by atoms with E-state index in [4.69, 9.17) is 16.3 Å². The van der Waals surface area contributed by atoms with Gasteiger partial charge in [-0.2, -0.15) is 0 Å². The van der Waals surface area contributed by atoms with Crippen LogP contribution in [0.25, 0.3) is 0 Å². The third kappa shape index (κ3) is 3.15. The fraction of sp³-hybridized carbons (Fsp3) is 0.533. The first-order valence-corrected chi connectivity index (χ1v) is 7.66. The maximum absolute atomic E-state index is 12.0. The van der Waals surface area contributed by atoms with Crippen molar-refractivity contribution < 1.29 is 9.53 Å². The molecule has 0 spiro atoms. The minimum atomic E-state index is -0.125. The third-order valence-corrected chi connectivity index (χ3v) is 4.34. The fourth-order valence-corrected chi connectivity index (χ4v) is 3.24. The number of benzene rings is 1. The number of likely N-dealkylation sites (N-methyl/N-ethyl adjacent to an activating group) is 1. The Kier molecular flexibility index (Phi) is 4.33. The van der Waals surface area contributed by atoms with Crippen LogP contribution in [0, 0.1) is 0 Å². The summed E-state index contributed by atoms with van der Waals surface area (Å²) < 4.78 is 5.97. The zero-order valence-corrected chi connectivity index (χ0v) is 12.8. The van der Waals surface area contributed by atoms with Crippen molar-refractivity contribution in [1.29, 1.82) is 0 Å². The molecule has 0 aliphatic carbocycles. The summed E-state index contributed by atoms with van der Waals surface area (Å²) in [5, 5.41) is 6.74. The molecule has 1 saturated heterocycles. The highest BCUT2D eigenvalue weighted by Crippen LogP contribution is 2.31. The predicted molar refractivity (Wildman–Crippen MR) is 81.9 cm³/mol. The average molecular weight is 310 g/mol. The van der Waals surface area contributed by atoms with Crippen molar-refractivity contribution in [2.45, 2.75) is 18.6 Å². The van der Waals surface area contributed by atoms with Crippen molar-refractivity contribution >= 4 is 17.5 Å². The van der Waals surface area contributed by atoms with Crippen LogP contribution in [0.15, 0.2) is 18.2 Å². The highest BCUT2D eigenvalue weighted by Gasteiger charge is 2.32. The maximum Gasteiger partial charge on any atom is 0.238 e. The summed E-state index contributed by atoms with van der Waals surface area (Å²) >= 11 is 6.02. The van der Waals surface area contributed by atoms with Crippen LogP contribution in [0.1, 0.15) is 5.56 Å². The molecule has 1 fully saturated rings. The number of carbonyl (C=O) groups excluding carboxylic acids is 1. The first-order valence-electron chi connectivity index (χ1n) is 7.29. The summed E-state index contributed by atoms with van der Waals surface area (Å²) in [4.78, 5) is 14.2. The van der Waals surface area contributed by atoms with Crippen molar-refractivity contribution in [3.05, 3.63) is 28.8 Å². The number of halogens is 1. The van der Waals surface area contributed by atoms with Crippen LogP contribution in [0.3, 0.4) is 0 Å². The molecule has 2 atom stereocenters. The van der Waals surface area contributed by atoms with E-state index in [1.54, 1.807) is 7.05 Å². The van der Waals surface area contributed by atoms with E-state index in [1.807, 2.05) is 18.2 Å². The van der Waals surface area contributed by atoms with E-state index in [1.165, 1.54) is 0 Å². The van der Waals surface area contributed by atoms with Crippen molar-refractivity contribution in [2.75, 3.05) is 33.2 Å². The van der Waals surface area contributed by atoms with Gasteiger partial charge >= 0.3 is 0 Å². The summed E-state index contributed by atoms with van der Waals surface area (Å²) in [5.74, 6) is 0.969. The number of amides is 1. The van der Waals surface area contributed by atoms with Gasteiger partial charge in [-0.1, -0.05) is 11.6 Å². The lowest BCUT2D eigenvalue weighted by molar-refractivity contribution is -0.126. The molecule has 1 aromatic carbocycles. The molecule has 6 heteroatoms. The van der Waals surface area contributed by atoms with Crippen molar-refractivity contribution in [1.82, 2.24) is 15.5 Å². The van der Waals surface area contributed by atoms with Gasteiger partial charge in [-0.05, 0) is 23.8 Å². The summed E-state index contributed by atoms with van der Waals surface area (Å²) in [6.45, 7) is 3.20. The second-order valence-electron chi connectivity index (χ2n) is 5.53. The molecule has 2 unspecified atom stereocenters. The molecule has 3 rings (SSSR count). The molecule has 0 radical (unpaired) electrons. The van der Waals surface area contributed by atoms with Crippen LogP contribution in [0.5, 0.6) is 5.75 Å². The SMILES string of the molecule is CNC(=O)C1CNCCN1CC1Cc2cc(Cl)ccc2O1. The highest BCUT2D eigenvalue weighted by molar-refractivity contribution is 6.30. The number of nitrogens with zero attached hydrogens (tertiary/aromatic N) is 1. The number of rotatable bonds is 3. The number of fused-ring (bicyclic) bond motifs is 1. The number of ether oxygens (including phenoxy) is 1. The van der Waals surface area contributed by atoms with E-state index in [9.17, 15) is 4.79 Å². The van der Waals surface area contributed by atoms with Crippen LogP contribution in [-0.2, 0) is 11.2 Å². The van der Waals surface area contributed by atoms with E-state index in [0.717, 1.165) is 42.4 Å². The van der Waals surface area contributed by atoms with E-state index < -0.39 is 0 Å². The minimum absolute atomic E-state index is 0.0563. The van der Waals surface area contributed by atoms with Gasteiger partial charge in [0.15, 0.2) is 0 Å². The molecule has 114 valence electrons. The largest absolute Gasteiger partial charge is 0.488 e. The van der Waals surface area contributed by atoms with Crippen molar-refractivity contribution in [2.24, 2.45) is 0 Å². The number of hydrogen-bond donors (Lipinski definition) is 2. The number of carbonyl (C=O) groups is 1. The molecule has 2 aliphatic rings. The maximum atomic E-state index is 12.0. The smallest absolute Gasteiger partial charge is 0.238 e. The van der Waals surface area contributed by atoms with Gasteiger partial charge in [-0.15, -0.1) is 0 Å². The molecular formula is C15H20ClN3O2. The van der Waals surface area contributed by atoms with Crippen LogP contribution >= 0.6 is 11.6 Å². The van der Waals surface area contributed by atoms with E-state index in [0.29, 0.717) is 6.54 Å². The van der Waals surface area contributed by atoms with Crippen molar-refractivity contribution in [3.63, 3.8) is 0 Å². The average Bonchev–Trinajstić information content (AvgIpc) is 2.88. The van der Waals surface area contributed by atoms with Crippen LogP contribution in [-0.4, -0.2) is 56.2 Å². The van der Waals surface area contributed by atoms with Gasteiger partial charge in [0.1, 0.15) is 17.9 Å². The number of piperazine rings is 1. The molecule has 2 aliphatic heterocycles. The fourth-order valence-electron chi connectivity index (χ4n) is 3.04. The van der Waals surface area contributed by atoms with Gasteiger partial charge in [0, 0.05) is 44.7 Å². The zero-order valence-electron chi connectivity index (χ0n) is 12.1. The van der Waals surface area contributed by atoms with Gasteiger partial charge in [-0.3, -0.25) is 9.69 Å². The molecule has 2 N–H and O–H groups in total. The first kappa shape index (κ1) is 14.6. The first-order chi connectivity index (χ1) is 10.2. The lowest BCUT2D eigenvalue weighted by Gasteiger charge is -2.36.